The Morgan fingerprint density at radius 3 is 2.35 bits per heavy atom. The van der Waals surface area contributed by atoms with Gasteiger partial charge in [-0.15, -0.1) is 0 Å². The van der Waals surface area contributed by atoms with E-state index in [4.69, 9.17) is 9.72 Å². The Labute approximate surface area is 216 Å². The SMILES string of the molecule is Cc1nc(-c2ccccc2)c(Oc2ccnc(Nc3cccc(C(C)(C)C(=O)O)c3)c2)cc1C(C)(C)O. The minimum Gasteiger partial charge on any atom is -0.481 e. The average molecular weight is 498 g/mol. The van der Waals surface area contributed by atoms with Crippen LogP contribution >= 0.6 is 0 Å². The lowest BCUT2D eigenvalue weighted by atomic mass is 9.84. The first-order chi connectivity index (χ1) is 17.4. The maximum atomic E-state index is 11.7. The summed E-state index contributed by atoms with van der Waals surface area (Å²) in [5.74, 6) is 0.677. The highest BCUT2D eigenvalue weighted by atomic mass is 16.5. The summed E-state index contributed by atoms with van der Waals surface area (Å²) in [5, 5.41) is 23.5. The first kappa shape index (κ1) is 25.9. The standard InChI is InChI=1S/C30H31N3O4/c1-19-24(30(4,5)36)18-25(27(32-19)20-10-7-6-8-11-20)37-23-14-15-31-26(17-23)33-22-13-9-12-21(16-22)29(2,3)28(34)35/h6-18,36H,1-5H3,(H,31,33)(H,34,35). The first-order valence-corrected chi connectivity index (χ1v) is 12.0. The Morgan fingerprint density at radius 1 is 0.946 bits per heavy atom. The predicted molar refractivity (Wildman–Crippen MR) is 144 cm³/mol. The maximum Gasteiger partial charge on any atom is 0.313 e. The van der Waals surface area contributed by atoms with Gasteiger partial charge in [0.1, 0.15) is 17.3 Å². The molecule has 4 rings (SSSR count). The number of rotatable bonds is 8. The summed E-state index contributed by atoms with van der Waals surface area (Å²) >= 11 is 0. The van der Waals surface area contributed by atoms with Crippen LogP contribution in [0.1, 0.15) is 44.5 Å². The van der Waals surface area contributed by atoms with Crippen molar-refractivity contribution in [1.29, 1.82) is 0 Å². The summed E-state index contributed by atoms with van der Waals surface area (Å²) in [6.07, 6.45) is 1.63. The lowest BCUT2D eigenvalue weighted by Crippen LogP contribution is -2.28. The van der Waals surface area contributed by atoms with E-state index in [1.54, 1.807) is 58.2 Å². The van der Waals surface area contributed by atoms with Crippen molar-refractivity contribution in [3.63, 3.8) is 0 Å². The Bertz CT molecular complexity index is 1430. The highest BCUT2D eigenvalue weighted by Crippen LogP contribution is 2.37. The number of nitrogens with one attached hydrogen (secondary N) is 1. The first-order valence-electron chi connectivity index (χ1n) is 12.0. The number of hydrogen-bond acceptors (Lipinski definition) is 6. The van der Waals surface area contributed by atoms with Crippen LogP contribution in [0.5, 0.6) is 11.5 Å². The minimum atomic E-state index is -1.09. The van der Waals surface area contributed by atoms with E-state index >= 15 is 0 Å². The number of benzene rings is 2. The molecule has 4 aromatic rings. The molecule has 0 fully saturated rings. The number of aromatic nitrogens is 2. The summed E-state index contributed by atoms with van der Waals surface area (Å²) in [7, 11) is 0. The molecule has 3 N–H and O–H groups in total. The molecule has 0 saturated carbocycles. The molecule has 0 radical (unpaired) electrons. The fraction of sp³-hybridized carbons (Fsp3) is 0.233. The van der Waals surface area contributed by atoms with Crippen LogP contribution in [0.4, 0.5) is 11.5 Å². The second kappa shape index (κ2) is 10.0. The summed E-state index contributed by atoms with van der Waals surface area (Å²) in [5.41, 5.74) is 2.23. The van der Waals surface area contributed by atoms with Gasteiger partial charge in [0, 0.05) is 34.8 Å². The molecule has 0 aliphatic carbocycles. The highest BCUT2D eigenvalue weighted by Gasteiger charge is 2.29. The lowest BCUT2D eigenvalue weighted by molar-refractivity contribution is -0.142. The summed E-state index contributed by atoms with van der Waals surface area (Å²) in [6.45, 7) is 8.65. The minimum absolute atomic E-state index is 0.510. The van der Waals surface area contributed by atoms with Crippen LogP contribution in [0.25, 0.3) is 11.3 Å². The molecule has 2 heterocycles. The van der Waals surface area contributed by atoms with Crippen molar-refractivity contribution in [2.75, 3.05) is 5.32 Å². The molecule has 0 unspecified atom stereocenters. The number of carbonyl (C=O) groups is 1. The third kappa shape index (κ3) is 5.78. The van der Waals surface area contributed by atoms with Crippen molar-refractivity contribution in [2.24, 2.45) is 0 Å². The number of carboxylic acids is 1. The molecule has 0 spiro atoms. The zero-order valence-electron chi connectivity index (χ0n) is 21.6. The smallest absolute Gasteiger partial charge is 0.313 e. The number of aryl methyl sites for hydroxylation is 1. The number of ether oxygens (including phenoxy) is 1. The zero-order valence-corrected chi connectivity index (χ0v) is 21.6. The van der Waals surface area contributed by atoms with Gasteiger partial charge < -0.3 is 20.3 Å². The number of hydrogen-bond donors (Lipinski definition) is 3. The van der Waals surface area contributed by atoms with Crippen molar-refractivity contribution in [2.45, 2.75) is 45.6 Å². The molecule has 2 aromatic carbocycles. The number of carboxylic acid groups (broad SMARTS) is 1. The van der Waals surface area contributed by atoms with Gasteiger partial charge in [-0.1, -0.05) is 42.5 Å². The lowest BCUT2D eigenvalue weighted by Gasteiger charge is -2.22. The normalized spacial score (nSPS) is 11.7. The van der Waals surface area contributed by atoms with E-state index in [9.17, 15) is 15.0 Å². The molecule has 0 bridgehead atoms. The molecule has 2 aromatic heterocycles. The Kier molecular flexibility index (Phi) is 7.01. The van der Waals surface area contributed by atoms with Crippen LogP contribution in [-0.4, -0.2) is 26.2 Å². The van der Waals surface area contributed by atoms with Crippen molar-refractivity contribution in [3.05, 3.63) is 95.8 Å². The van der Waals surface area contributed by atoms with Gasteiger partial charge >= 0.3 is 5.97 Å². The zero-order chi connectivity index (χ0) is 26.8. The van der Waals surface area contributed by atoms with Crippen LogP contribution in [0.2, 0.25) is 0 Å². The molecular formula is C30H31N3O4. The Hall–Kier alpha value is -4.23. The highest BCUT2D eigenvalue weighted by molar-refractivity contribution is 5.81. The van der Waals surface area contributed by atoms with E-state index in [0.29, 0.717) is 39.8 Å². The number of anilines is 2. The van der Waals surface area contributed by atoms with Gasteiger partial charge in [0.2, 0.25) is 0 Å². The van der Waals surface area contributed by atoms with E-state index in [1.807, 2.05) is 55.5 Å². The molecule has 7 heteroatoms. The van der Waals surface area contributed by atoms with Gasteiger partial charge in [-0.3, -0.25) is 4.79 Å². The maximum absolute atomic E-state index is 11.7. The molecule has 0 aliphatic heterocycles. The third-order valence-corrected chi connectivity index (χ3v) is 6.24. The second-order valence-corrected chi connectivity index (χ2v) is 10.0. The van der Waals surface area contributed by atoms with E-state index < -0.39 is 17.0 Å². The van der Waals surface area contributed by atoms with Crippen molar-refractivity contribution in [3.8, 4) is 22.8 Å². The topological polar surface area (TPSA) is 105 Å². The molecular weight excluding hydrogens is 466 g/mol. The van der Waals surface area contributed by atoms with Crippen molar-refractivity contribution >= 4 is 17.5 Å². The van der Waals surface area contributed by atoms with Gasteiger partial charge in [0.15, 0.2) is 5.75 Å². The summed E-state index contributed by atoms with van der Waals surface area (Å²) < 4.78 is 6.31. The second-order valence-electron chi connectivity index (χ2n) is 10.0. The van der Waals surface area contributed by atoms with Crippen LogP contribution in [0.3, 0.4) is 0 Å². The largest absolute Gasteiger partial charge is 0.481 e. The molecule has 0 saturated heterocycles. The molecule has 0 aliphatic rings. The van der Waals surface area contributed by atoms with Crippen LogP contribution < -0.4 is 10.1 Å². The van der Waals surface area contributed by atoms with Gasteiger partial charge in [0.25, 0.3) is 0 Å². The average Bonchev–Trinajstić information content (AvgIpc) is 2.85. The summed E-state index contributed by atoms with van der Waals surface area (Å²) in [6, 6.07) is 22.3. The molecule has 7 nitrogen and oxygen atoms in total. The van der Waals surface area contributed by atoms with E-state index in [0.717, 1.165) is 11.3 Å². The van der Waals surface area contributed by atoms with Crippen LogP contribution in [0.15, 0.2) is 79.0 Å². The van der Waals surface area contributed by atoms with Gasteiger partial charge in [-0.25, -0.2) is 9.97 Å². The van der Waals surface area contributed by atoms with Crippen LogP contribution in [0, 0.1) is 6.92 Å². The summed E-state index contributed by atoms with van der Waals surface area (Å²) in [4.78, 5) is 20.8. The monoisotopic (exact) mass is 497 g/mol. The number of nitrogens with zero attached hydrogens (tertiary/aromatic N) is 2. The van der Waals surface area contributed by atoms with Crippen LogP contribution in [-0.2, 0) is 15.8 Å². The quantitative estimate of drug-likeness (QED) is 0.253. The molecule has 37 heavy (non-hydrogen) atoms. The fourth-order valence-corrected chi connectivity index (χ4v) is 4.01. The fourth-order valence-electron chi connectivity index (χ4n) is 4.01. The number of aliphatic carboxylic acids is 1. The Morgan fingerprint density at radius 2 is 1.68 bits per heavy atom. The third-order valence-electron chi connectivity index (χ3n) is 6.24. The molecule has 0 atom stereocenters. The van der Waals surface area contributed by atoms with Gasteiger partial charge in [-0.05, 0) is 64.4 Å². The van der Waals surface area contributed by atoms with E-state index in [2.05, 4.69) is 10.3 Å². The van der Waals surface area contributed by atoms with E-state index in [1.165, 1.54) is 0 Å². The number of aliphatic hydroxyl groups is 1. The molecule has 0 amide bonds. The van der Waals surface area contributed by atoms with E-state index in [-0.39, 0.29) is 0 Å². The van der Waals surface area contributed by atoms with Crippen molar-refractivity contribution < 1.29 is 19.7 Å². The van der Waals surface area contributed by atoms with Gasteiger partial charge in [-0.2, -0.15) is 0 Å². The number of pyridine rings is 2. The van der Waals surface area contributed by atoms with Gasteiger partial charge in [0.05, 0.1) is 11.0 Å². The molecule has 190 valence electrons. The Balaban J connectivity index is 1.67. The predicted octanol–water partition coefficient (Wildman–Crippen LogP) is 6.58. The van der Waals surface area contributed by atoms with Crippen molar-refractivity contribution in [1.82, 2.24) is 9.97 Å².